The first-order valence-corrected chi connectivity index (χ1v) is 6.77. The van der Waals surface area contributed by atoms with Crippen LogP contribution in [0.4, 0.5) is 0 Å². The number of aliphatic hydroxyl groups is 1. The molecule has 1 unspecified atom stereocenters. The zero-order valence-corrected chi connectivity index (χ0v) is 11.4. The van der Waals surface area contributed by atoms with Crippen molar-refractivity contribution in [3.8, 4) is 0 Å². The van der Waals surface area contributed by atoms with E-state index in [0.717, 1.165) is 26.2 Å². The molecule has 2 aliphatic heterocycles. The summed E-state index contributed by atoms with van der Waals surface area (Å²) in [4.78, 5) is 4.66. The molecule has 0 aliphatic carbocycles. The highest BCUT2D eigenvalue weighted by atomic mass is 16.3. The molecule has 1 atom stereocenters. The van der Waals surface area contributed by atoms with Crippen LogP contribution in [0.3, 0.4) is 0 Å². The molecule has 0 aromatic rings. The smallest absolute Gasteiger partial charge is 0.0940 e. The van der Waals surface area contributed by atoms with Crippen LogP contribution in [0.15, 0.2) is 0 Å². The summed E-state index contributed by atoms with van der Waals surface area (Å²) in [5.41, 5.74) is -0.372. The van der Waals surface area contributed by atoms with E-state index in [9.17, 15) is 5.11 Å². The maximum atomic E-state index is 10.4. The number of rotatable bonds is 2. The van der Waals surface area contributed by atoms with Gasteiger partial charge in [-0.15, -0.1) is 0 Å². The molecule has 0 bridgehead atoms. The molecule has 0 saturated carbocycles. The van der Waals surface area contributed by atoms with Crippen LogP contribution in [0.25, 0.3) is 0 Å². The first-order valence-electron chi connectivity index (χ1n) is 6.77. The molecular weight excluding hydrogens is 200 g/mol. The van der Waals surface area contributed by atoms with E-state index in [2.05, 4.69) is 23.8 Å². The van der Waals surface area contributed by atoms with Crippen molar-refractivity contribution in [2.45, 2.75) is 39.2 Å². The molecule has 0 aromatic carbocycles. The fourth-order valence-electron chi connectivity index (χ4n) is 2.93. The van der Waals surface area contributed by atoms with Gasteiger partial charge in [-0.05, 0) is 33.0 Å². The van der Waals surface area contributed by atoms with E-state index in [1.165, 1.54) is 19.4 Å². The van der Waals surface area contributed by atoms with Crippen molar-refractivity contribution in [1.29, 1.82) is 0 Å². The van der Waals surface area contributed by atoms with E-state index in [-0.39, 0.29) is 5.60 Å². The van der Waals surface area contributed by atoms with E-state index < -0.39 is 0 Å². The van der Waals surface area contributed by atoms with Crippen molar-refractivity contribution >= 4 is 0 Å². The second kappa shape index (κ2) is 5.99. The lowest BCUT2D eigenvalue weighted by atomic mass is 9.76. The third-order valence-electron chi connectivity index (χ3n) is 3.80. The van der Waals surface area contributed by atoms with Gasteiger partial charge in [-0.3, -0.25) is 0 Å². The first-order chi connectivity index (χ1) is 7.64. The first kappa shape index (κ1) is 13.9. The van der Waals surface area contributed by atoms with E-state index >= 15 is 0 Å². The molecule has 2 saturated heterocycles. The number of piperidine rings is 1. The number of likely N-dealkylation sites (N-methyl/N-ethyl adjacent to an activating group) is 1. The van der Waals surface area contributed by atoms with E-state index in [4.69, 9.17) is 0 Å². The van der Waals surface area contributed by atoms with Crippen LogP contribution in [-0.2, 0) is 0 Å². The van der Waals surface area contributed by atoms with Gasteiger partial charge in [0.2, 0.25) is 0 Å². The number of β-amino-alcohol motifs (C(OH)–C–C–N with tert-alkyl or cyclic N) is 1. The van der Waals surface area contributed by atoms with Gasteiger partial charge >= 0.3 is 0 Å². The average Bonchev–Trinajstić information content (AvgIpc) is 2.30. The van der Waals surface area contributed by atoms with Gasteiger partial charge in [0.15, 0.2) is 0 Å². The Morgan fingerprint density at radius 3 is 2.44 bits per heavy atom. The molecule has 16 heavy (non-hydrogen) atoms. The van der Waals surface area contributed by atoms with Crippen LogP contribution in [0, 0.1) is 5.92 Å². The normalized spacial score (nSPS) is 30.2. The quantitative estimate of drug-likeness (QED) is 0.774. The number of nitrogens with zero attached hydrogens (tertiary/aromatic N) is 2. The summed E-state index contributed by atoms with van der Waals surface area (Å²) in [5, 5.41) is 10.4. The van der Waals surface area contributed by atoms with Crippen LogP contribution in [0.2, 0.25) is 0 Å². The van der Waals surface area contributed by atoms with Gasteiger partial charge in [-0.1, -0.05) is 20.8 Å². The fourth-order valence-corrected chi connectivity index (χ4v) is 2.93. The van der Waals surface area contributed by atoms with Gasteiger partial charge in [-0.25, -0.2) is 0 Å². The highest BCUT2D eigenvalue weighted by Gasteiger charge is 2.46. The van der Waals surface area contributed by atoms with Crippen molar-refractivity contribution in [2.24, 2.45) is 5.92 Å². The summed E-state index contributed by atoms with van der Waals surface area (Å²) in [7, 11) is 2.08. The largest absolute Gasteiger partial charge is 0.387 e. The van der Waals surface area contributed by atoms with Crippen LogP contribution in [0.5, 0.6) is 0 Å². The van der Waals surface area contributed by atoms with Gasteiger partial charge < -0.3 is 14.9 Å². The molecule has 0 radical (unpaired) electrons. The summed E-state index contributed by atoms with van der Waals surface area (Å²) in [6, 6.07) is 0. The second-order valence-corrected chi connectivity index (χ2v) is 5.01. The van der Waals surface area contributed by atoms with Gasteiger partial charge in [0.05, 0.1) is 5.60 Å². The fraction of sp³-hybridized carbons (Fsp3) is 1.00. The molecule has 2 fully saturated rings. The highest BCUT2D eigenvalue weighted by molar-refractivity contribution is 5.00. The minimum absolute atomic E-state index is 0.372. The molecule has 3 heteroatoms. The van der Waals surface area contributed by atoms with Crippen molar-refractivity contribution in [3.63, 3.8) is 0 Å². The molecule has 1 N–H and O–H groups in total. The third kappa shape index (κ3) is 2.96. The Balaban J connectivity index is 0.000000606. The Labute approximate surface area is 100 Å². The minimum Gasteiger partial charge on any atom is -0.387 e. The van der Waals surface area contributed by atoms with Gasteiger partial charge in [0, 0.05) is 25.6 Å². The van der Waals surface area contributed by atoms with E-state index in [1.807, 2.05) is 13.8 Å². The zero-order valence-electron chi connectivity index (χ0n) is 11.4. The van der Waals surface area contributed by atoms with Crippen molar-refractivity contribution in [2.75, 3.05) is 39.8 Å². The van der Waals surface area contributed by atoms with Crippen LogP contribution in [0.1, 0.15) is 33.6 Å². The molecule has 0 spiro atoms. The Bertz CT molecular complexity index is 202. The van der Waals surface area contributed by atoms with Gasteiger partial charge in [0.1, 0.15) is 0 Å². The summed E-state index contributed by atoms with van der Waals surface area (Å²) in [6.45, 7) is 11.4. The highest BCUT2D eigenvalue weighted by Crippen LogP contribution is 2.33. The lowest BCUT2D eigenvalue weighted by molar-refractivity contribution is -0.139. The maximum Gasteiger partial charge on any atom is 0.0940 e. The lowest BCUT2D eigenvalue weighted by Gasteiger charge is -2.51. The average molecular weight is 228 g/mol. The number of likely N-dealkylation sites (tertiary alicyclic amines) is 2. The molecule has 2 heterocycles. The third-order valence-corrected chi connectivity index (χ3v) is 3.80. The topological polar surface area (TPSA) is 26.7 Å². The van der Waals surface area contributed by atoms with Gasteiger partial charge in [0.25, 0.3) is 0 Å². The maximum absolute atomic E-state index is 10.4. The van der Waals surface area contributed by atoms with Crippen molar-refractivity contribution in [3.05, 3.63) is 0 Å². The Hall–Kier alpha value is -0.120. The summed E-state index contributed by atoms with van der Waals surface area (Å²) < 4.78 is 0. The van der Waals surface area contributed by atoms with Crippen LogP contribution < -0.4 is 0 Å². The van der Waals surface area contributed by atoms with E-state index in [0.29, 0.717) is 5.92 Å². The number of hydrogen-bond acceptors (Lipinski definition) is 3. The molecule has 2 aliphatic rings. The molecule has 0 aromatic heterocycles. The standard InChI is InChI=1S/C11H22N2O.C2H6/c1-3-13-6-4-5-10(7-13)11(14)8-12(2)9-11;1-2/h10,14H,3-9H2,1-2H3;1-2H3. The minimum atomic E-state index is -0.372. The lowest BCUT2D eigenvalue weighted by Crippen LogP contribution is -2.66. The summed E-state index contributed by atoms with van der Waals surface area (Å²) in [5.74, 6) is 0.507. The molecule has 2 rings (SSSR count). The van der Waals surface area contributed by atoms with Crippen molar-refractivity contribution < 1.29 is 5.11 Å². The molecule has 3 nitrogen and oxygen atoms in total. The summed E-state index contributed by atoms with van der Waals surface area (Å²) >= 11 is 0. The Kier molecular flexibility index (Phi) is 5.22. The van der Waals surface area contributed by atoms with Gasteiger partial charge in [-0.2, -0.15) is 0 Å². The SMILES string of the molecule is CC.CCN1CCCC(C2(O)CN(C)C2)C1. The monoisotopic (exact) mass is 228 g/mol. The van der Waals surface area contributed by atoms with Crippen LogP contribution >= 0.6 is 0 Å². The van der Waals surface area contributed by atoms with Crippen LogP contribution in [-0.4, -0.2) is 60.3 Å². The number of hydrogen-bond donors (Lipinski definition) is 1. The predicted octanol–water partition coefficient (Wildman–Crippen LogP) is 1.42. The van der Waals surface area contributed by atoms with E-state index in [1.54, 1.807) is 0 Å². The second-order valence-electron chi connectivity index (χ2n) is 5.01. The molecular formula is C13H28N2O. The molecule has 96 valence electrons. The Morgan fingerprint density at radius 1 is 1.31 bits per heavy atom. The summed E-state index contributed by atoms with van der Waals surface area (Å²) in [6.07, 6.45) is 2.46. The Morgan fingerprint density at radius 2 is 1.94 bits per heavy atom. The predicted molar refractivity (Wildman–Crippen MR) is 68.6 cm³/mol. The molecule has 0 amide bonds. The zero-order chi connectivity index (χ0) is 12.2. The van der Waals surface area contributed by atoms with Crippen molar-refractivity contribution in [1.82, 2.24) is 9.80 Å².